The van der Waals surface area contributed by atoms with Gasteiger partial charge < -0.3 is 5.21 Å². The van der Waals surface area contributed by atoms with Crippen LogP contribution in [0, 0.1) is 11.0 Å². The summed E-state index contributed by atoms with van der Waals surface area (Å²) in [5.41, 5.74) is -0.242. The molecule has 0 fully saturated rings. The van der Waals surface area contributed by atoms with E-state index in [4.69, 9.17) is 11.6 Å². The molecule has 0 spiro atoms. The van der Waals surface area contributed by atoms with E-state index < -0.39 is 16.5 Å². The molecule has 0 N–H and O–H groups in total. The van der Waals surface area contributed by atoms with Crippen LogP contribution in [-0.4, -0.2) is 4.57 Å². The standard InChI is InChI=1S/C9H6ClFN2O2/c1-12-6-3-2-5(11)4-7(6)13(15)8(10)9(12)14/h2-4H,1H3. The maximum absolute atomic E-state index is 12.9. The first-order chi connectivity index (χ1) is 7.02. The van der Waals surface area contributed by atoms with Crippen molar-refractivity contribution in [1.82, 2.24) is 4.57 Å². The molecular formula is C9H6ClFN2O2. The molecule has 0 unspecified atom stereocenters. The highest BCUT2D eigenvalue weighted by molar-refractivity contribution is 6.28. The van der Waals surface area contributed by atoms with Gasteiger partial charge in [0.1, 0.15) is 11.3 Å². The predicted molar refractivity (Wildman–Crippen MR) is 53.1 cm³/mol. The van der Waals surface area contributed by atoms with Crippen molar-refractivity contribution in [1.29, 1.82) is 0 Å². The zero-order chi connectivity index (χ0) is 11.2. The van der Waals surface area contributed by atoms with Gasteiger partial charge in [0, 0.05) is 13.1 Å². The molecule has 1 aromatic heterocycles. The Morgan fingerprint density at radius 1 is 1.53 bits per heavy atom. The van der Waals surface area contributed by atoms with Gasteiger partial charge in [-0.1, -0.05) is 0 Å². The summed E-state index contributed by atoms with van der Waals surface area (Å²) in [5.74, 6) is -0.554. The Labute approximate surface area is 88.7 Å². The summed E-state index contributed by atoms with van der Waals surface area (Å²) in [4.78, 5) is 11.4. The van der Waals surface area contributed by atoms with E-state index in [0.29, 0.717) is 5.52 Å². The summed E-state index contributed by atoms with van der Waals surface area (Å²) in [6.07, 6.45) is 0. The zero-order valence-electron chi connectivity index (χ0n) is 7.70. The van der Waals surface area contributed by atoms with Crippen LogP contribution in [0.25, 0.3) is 11.0 Å². The van der Waals surface area contributed by atoms with Gasteiger partial charge in [0.05, 0.1) is 0 Å². The molecule has 0 radical (unpaired) electrons. The molecule has 0 saturated heterocycles. The van der Waals surface area contributed by atoms with E-state index in [2.05, 4.69) is 0 Å². The molecule has 0 aliphatic heterocycles. The van der Waals surface area contributed by atoms with Crippen molar-refractivity contribution in [2.45, 2.75) is 0 Å². The third-order valence-electron chi connectivity index (χ3n) is 2.18. The van der Waals surface area contributed by atoms with Crippen LogP contribution in [0.4, 0.5) is 4.39 Å². The molecule has 15 heavy (non-hydrogen) atoms. The molecule has 6 heteroatoms. The van der Waals surface area contributed by atoms with Crippen molar-refractivity contribution in [3.05, 3.63) is 44.7 Å². The molecule has 1 heterocycles. The predicted octanol–water partition coefficient (Wildman–Crippen LogP) is 0.964. The molecule has 0 bridgehead atoms. The van der Waals surface area contributed by atoms with E-state index in [9.17, 15) is 14.4 Å². The van der Waals surface area contributed by atoms with Gasteiger partial charge in [-0.3, -0.25) is 9.36 Å². The van der Waals surface area contributed by atoms with E-state index in [-0.39, 0.29) is 10.2 Å². The molecular weight excluding hydrogens is 223 g/mol. The van der Waals surface area contributed by atoms with E-state index in [0.717, 1.165) is 6.07 Å². The largest absolute Gasteiger partial charge is 0.617 e. The van der Waals surface area contributed by atoms with Crippen LogP contribution in [-0.2, 0) is 7.05 Å². The number of benzene rings is 1. The van der Waals surface area contributed by atoms with Gasteiger partial charge in [-0.2, -0.15) is 0 Å². The Morgan fingerprint density at radius 2 is 2.20 bits per heavy atom. The van der Waals surface area contributed by atoms with Crippen molar-refractivity contribution in [3.63, 3.8) is 0 Å². The Morgan fingerprint density at radius 3 is 2.87 bits per heavy atom. The molecule has 2 aromatic rings. The maximum atomic E-state index is 12.9. The zero-order valence-corrected chi connectivity index (χ0v) is 8.45. The van der Waals surface area contributed by atoms with Crippen LogP contribution in [0.5, 0.6) is 0 Å². The smallest absolute Gasteiger partial charge is 0.353 e. The summed E-state index contributed by atoms with van der Waals surface area (Å²) in [6, 6.07) is 3.57. The van der Waals surface area contributed by atoms with Gasteiger partial charge in [-0.25, -0.2) is 4.39 Å². The molecule has 1 aromatic carbocycles. The van der Waals surface area contributed by atoms with E-state index in [1.54, 1.807) is 0 Å². The summed E-state index contributed by atoms with van der Waals surface area (Å²) < 4.78 is 14.3. The highest BCUT2D eigenvalue weighted by atomic mass is 35.5. The number of rotatable bonds is 0. The second kappa shape index (κ2) is 3.20. The fraction of sp³-hybridized carbons (Fsp3) is 0.111. The first kappa shape index (κ1) is 9.92. The normalized spacial score (nSPS) is 10.9. The van der Waals surface area contributed by atoms with Crippen LogP contribution >= 0.6 is 11.6 Å². The average Bonchev–Trinajstić information content (AvgIpc) is 2.23. The topological polar surface area (TPSA) is 48.9 Å². The van der Waals surface area contributed by atoms with Crippen LogP contribution in [0.2, 0.25) is 5.15 Å². The number of hydrogen-bond donors (Lipinski definition) is 0. The van der Waals surface area contributed by atoms with E-state index in [1.165, 1.54) is 23.7 Å². The minimum atomic E-state index is -0.606. The molecule has 4 nitrogen and oxygen atoms in total. The third kappa shape index (κ3) is 1.35. The number of aryl methyl sites for hydroxylation is 1. The summed E-state index contributed by atoms with van der Waals surface area (Å²) >= 11 is 5.51. The minimum absolute atomic E-state index is 0.0297. The third-order valence-corrected chi connectivity index (χ3v) is 2.49. The molecule has 78 valence electrons. The number of nitrogens with zero attached hydrogens (tertiary/aromatic N) is 2. The van der Waals surface area contributed by atoms with Gasteiger partial charge in [0.25, 0.3) is 0 Å². The number of fused-ring (bicyclic) bond motifs is 1. The van der Waals surface area contributed by atoms with E-state index in [1.807, 2.05) is 0 Å². The Kier molecular flexibility index (Phi) is 2.12. The van der Waals surface area contributed by atoms with Crippen molar-refractivity contribution in [2.24, 2.45) is 7.05 Å². The van der Waals surface area contributed by atoms with E-state index >= 15 is 0 Å². The van der Waals surface area contributed by atoms with Crippen LogP contribution in [0.1, 0.15) is 0 Å². The van der Waals surface area contributed by atoms with Gasteiger partial charge in [-0.05, 0) is 23.7 Å². The summed E-state index contributed by atoms with van der Waals surface area (Å²) in [7, 11) is 1.47. The van der Waals surface area contributed by atoms with Crippen molar-refractivity contribution in [3.8, 4) is 0 Å². The average molecular weight is 229 g/mol. The Hall–Kier alpha value is -1.62. The molecule has 0 atom stereocenters. The lowest BCUT2D eigenvalue weighted by atomic mass is 10.3. The first-order valence-corrected chi connectivity index (χ1v) is 4.47. The van der Waals surface area contributed by atoms with Gasteiger partial charge in [0.2, 0.25) is 5.52 Å². The molecule has 0 aliphatic rings. The Bertz CT molecular complexity index is 609. The maximum Gasteiger partial charge on any atom is 0.353 e. The lowest BCUT2D eigenvalue weighted by Crippen LogP contribution is -2.38. The fourth-order valence-corrected chi connectivity index (χ4v) is 1.60. The lowest BCUT2D eigenvalue weighted by molar-refractivity contribution is -0.576. The Balaban J connectivity index is 3.07. The van der Waals surface area contributed by atoms with Crippen molar-refractivity contribution in [2.75, 3.05) is 0 Å². The monoisotopic (exact) mass is 228 g/mol. The van der Waals surface area contributed by atoms with Crippen LogP contribution in [0.3, 0.4) is 0 Å². The first-order valence-electron chi connectivity index (χ1n) is 4.09. The SMILES string of the molecule is Cn1c(=O)c(Cl)[n+]([O-])c2cc(F)ccc21. The molecule has 0 saturated carbocycles. The number of halogens is 2. The van der Waals surface area contributed by atoms with Crippen LogP contribution < -0.4 is 10.3 Å². The summed E-state index contributed by atoms with van der Waals surface area (Å²) in [5, 5.41) is 11.0. The summed E-state index contributed by atoms with van der Waals surface area (Å²) in [6.45, 7) is 0. The number of aromatic nitrogens is 2. The fourth-order valence-electron chi connectivity index (χ4n) is 1.38. The highest BCUT2D eigenvalue weighted by Gasteiger charge is 2.17. The number of hydrogen-bond acceptors (Lipinski definition) is 2. The molecule has 0 aliphatic carbocycles. The van der Waals surface area contributed by atoms with Gasteiger partial charge in [-0.15, -0.1) is 4.73 Å². The molecule has 2 rings (SSSR count). The second-order valence-electron chi connectivity index (χ2n) is 3.08. The molecule has 0 amide bonds. The van der Waals surface area contributed by atoms with Gasteiger partial charge >= 0.3 is 10.7 Å². The van der Waals surface area contributed by atoms with Gasteiger partial charge in [0.15, 0.2) is 0 Å². The van der Waals surface area contributed by atoms with Crippen molar-refractivity contribution < 1.29 is 9.12 Å². The van der Waals surface area contributed by atoms with Crippen LogP contribution in [0.15, 0.2) is 23.0 Å². The lowest BCUT2D eigenvalue weighted by Gasteiger charge is -2.06. The van der Waals surface area contributed by atoms with Crippen molar-refractivity contribution >= 4 is 22.6 Å². The second-order valence-corrected chi connectivity index (χ2v) is 3.44. The highest BCUT2D eigenvalue weighted by Crippen LogP contribution is 2.11. The quantitative estimate of drug-likeness (QED) is 0.498. The minimum Gasteiger partial charge on any atom is -0.617 e.